The van der Waals surface area contributed by atoms with Crippen molar-refractivity contribution in [1.82, 2.24) is 14.5 Å². The number of hydrogen-bond acceptors (Lipinski definition) is 6. The van der Waals surface area contributed by atoms with Gasteiger partial charge in [-0.05, 0) is 88.5 Å². The number of benzene rings is 2. The van der Waals surface area contributed by atoms with Crippen LogP contribution in [-0.2, 0) is 0 Å². The molecule has 1 saturated heterocycles. The number of hydrogen-bond donors (Lipinski definition) is 1. The quantitative estimate of drug-likeness (QED) is 0.237. The van der Waals surface area contributed by atoms with Gasteiger partial charge in [-0.3, -0.25) is 14.3 Å². The lowest BCUT2D eigenvalue weighted by atomic mass is 9.89. The molecule has 0 radical (unpaired) electrons. The van der Waals surface area contributed by atoms with Crippen LogP contribution in [0, 0.1) is 30.3 Å². The summed E-state index contributed by atoms with van der Waals surface area (Å²) in [6, 6.07) is 6.55. The number of anilines is 2. The number of phenols is 1. The van der Waals surface area contributed by atoms with Crippen LogP contribution in [0.2, 0.25) is 0 Å². The molecule has 0 aliphatic carbocycles. The molecule has 1 fully saturated rings. The lowest BCUT2D eigenvalue weighted by molar-refractivity contribution is 0.361. The van der Waals surface area contributed by atoms with Crippen LogP contribution < -0.4 is 15.4 Å². The zero-order valence-corrected chi connectivity index (χ0v) is 27.4. The molecule has 244 valence electrons. The van der Waals surface area contributed by atoms with Crippen LogP contribution in [0.4, 0.5) is 24.5 Å². The summed E-state index contributed by atoms with van der Waals surface area (Å²) in [4.78, 5) is 26.1. The van der Waals surface area contributed by atoms with E-state index in [2.05, 4.69) is 26.6 Å². The largest absolute Gasteiger partial charge is 0.507 e. The molecule has 2 atom stereocenters. The number of nitrogens with zero attached hydrogens (tertiary/aromatic N) is 5. The van der Waals surface area contributed by atoms with Crippen LogP contribution in [-0.4, -0.2) is 65.9 Å². The van der Waals surface area contributed by atoms with Gasteiger partial charge in [0.2, 0.25) is 0 Å². The Hall–Kier alpha value is -4.05. The van der Waals surface area contributed by atoms with Crippen molar-refractivity contribution in [2.75, 3.05) is 50.1 Å². The van der Waals surface area contributed by atoms with Crippen LogP contribution in [0.25, 0.3) is 27.7 Å². The molecule has 0 bridgehead atoms. The number of phenolic OH excluding ortho intramolecular Hbond substituents is 1. The monoisotopic (exact) mass is 633 g/mol. The third-order valence-corrected chi connectivity index (χ3v) is 9.48. The minimum absolute atomic E-state index is 0.0641. The normalized spacial score (nSPS) is 18.1. The van der Waals surface area contributed by atoms with E-state index in [1.54, 1.807) is 12.3 Å². The number of rotatable bonds is 7. The summed E-state index contributed by atoms with van der Waals surface area (Å²) in [6.07, 6.45) is 4.36. The van der Waals surface area contributed by atoms with Gasteiger partial charge in [-0.15, -0.1) is 0 Å². The van der Waals surface area contributed by atoms with Crippen LogP contribution >= 0.6 is 0 Å². The molecule has 4 aromatic rings. The Morgan fingerprint density at radius 3 is 2.48 bits per heavy atom. The van der Waals surface area contributed by atoms with Crippen molar-refractivity contribution in [2.24, 2.45) is 5.92 Å². The van der Waals surface area contributed by atoms with Gasteiger partial charge in [-0.2, -0.15) is 0 Å². The average Bonchev–Trinajstić information content (AvgIpc) is 2.99. The van der Waals surface area contributed by atoms with Crippen molar-refractivity contribution in [3.63, 3.8) is 0 Å². The Balaban J connectivity index is 1.79. The minimum Gasteiger partial charge on any atom is -0.507 e. The first-order valence-corrected chi connectivity index (χ1v) is 16.1. The first kappa shape index (κ1) is 31.9. The molecule has 7 nitrogen and oxygen atoms in total. The molecule has 46 heavy (non-hydrogen) atoms. The van der Waals surface area contributed by atoms with E-state index < -0.39 is 39.9 Å². The van der Waals surface area contributed by atoms with Gasteiger partial charge in [0.1, 0.15) is 23.1 Å². The summed E-state index contributed by atoms with van der Waals surface area (Å²) < 4.78 is 50.2. The molecule has 4 heterocycles. The number of fused-ring (bicyclic) bond motifs is 5. The predicted octanol–water partition coefficient (Wildman–Crippen LogP) is 6.98. The first-order chi connectivity index (χ1) is 21.9. The van der Waals surface area contributed by atoms with Crippen LogP contribution in [0.3, 0.4) is 0 Å². The highest BCUT2D eigenvalue weighted by Gasteiger charge is 2.40. The number of aromatic nitrogens is 2. The van der Waals surface area contributed by atoms with E-state index in [1.165, 1.54) is 22.8 Å². The van der Waals surface area contributed by atoms with E-state index in [-0.39, 0.29) is 22.9 Å². The molecule has 1 N–H and O–H groups in total. The van der Waals surface area contributed by atoms with Crippen molar-refractivity contribution >= 4 is 22.3 Å². The molecule has 2 aliphatic heterocycles. The Morgan fingerprint density at radius 1 is 1.02 bits per heavy atom. The van der Waals surface area contributed by atoms with Crippen LogP contribution in [0.15, 0.2) is 41.3 Å². The average molecular weight is 634 g/mol. The van der Waals surface area contributed by atoms with E-state index in [4.69, 9.17) is 0 Å². The van der Waals surface area contributed by atoms with Crippen molar-refractivity contribution in [3.05, 3.63) is 75.6 Å². The number of aromatic hydroxyl groups is 1. The van der Waals surface area contributed by atoms with Gasteiger partial charge in [0.15, 0.2) is 5.82 Å². The van der Waals surface area contributed by atoms with E-state index >= 15 is 18.0 Å². The Morgan fingerprint density at radius 2 is 1.78 bits per heavy atom. The fraction of sp³-hybridized carbons (Fsp3) is 0.444. The lowest BCUT2D eigenvalue weighted by Crippen LogP contribution is -2.55. The fourth-order valence-electron chi connectivity index (χ4n) is 7.31. The fourth-order valence-corrected chi connectivity index (χ4v) is 7.31. The number of halogens is 3. The predicted molar refractivity (Wildman–Crippen MR) is 178 cm³/mol. The standard InChI is InChI=1S/C36H42F3N5O2/c1-20(2)31-32(22(4)13-14-40-31)44-33-24(17-26(38)29(30(33)39)28-25(37)9-7-10-27(28)45)34-35(36(44)46)42(16-8-15-41(5)6)19-23-12-11-21(3)18-43(23)34/h7,9-10,13-14,17,20-21,23,45H,8,11-12,15-16,18-19H2,1-6H3/t21-,23+/m0/s1. The maximum atomic E-state index is 17.3. The molecular weight excluding hydrogens is 591 g/mol. The molecule has 0 amide bonds. The smallest absolute Gasteiger partial charge is 0.281 e. The Bertz CT molecular complexity index is 1850. The van der Waals surface area contributed by atoms with E-state index in [0.29, 0.717) is 53.9 Å². The zero-order chi connectivity index (χ0) is 33.0. The molecule has 6 rings (SSSR count). The summed E-state index contributed by atoms with van der Waals surface area (Å²) in [5.41, 5.74) is 0.732. The van der Waals surface area contributed by atoms with E-state index in [9.17, 15) is 5.11 Å². The van der Waals surface area contributed by atoms with E-state index in [1.807, 2.05) is 34.9 Å². The summed E-state index contributed by atoms with van der Waals surface area (Å²) in [5.74, 6) is -3.51. The van der Waals surface area contributed by atoms with Crippen molar-refractivity contribution < 1.29 is 18.3 Å². The second-order valence-electron chi connectivity index (χ2n) is 13.5. The second kappa shape index (κ2) is 12.3. The summed E-state index contributed by atoms with van der Waals surface area (Å²) in [6.45, 7) is 10.6. The van der Waals surface area contributed by atoms with Gasteiger partial charge in [0, 0.05) is 37.3 Å². The molecule has 10 heteroatoms. The number of pyridine rings is 2. The Kier molecular flexibility index (Phi) is 8.52. The third kappa shape index (κ3) is 5.30. The maximum Gasteiger partial charge on any atom is 0.281 e. The number of aryl methyl sites for hydroxylation is 1. The van der Waals surface area contributed by atoms with Crippen molar-refractivity contribution in [3.8, 4) is 22.6 Å². The molecule has 0 spiro atoms. The topological polar surface area (TPSA) is 64.8 Å². The van der Waals surface area contributed by atoms with E-state index in [0.717, 1.165) is 31.9 Å². The molecule has 2 aromatic carbocycles. The van der Waals surface area contributed by atoms with Gasteiger partial charge in [-0.25, -0.2) is 13.2 Å². The zero-order valence-electron chi connectivity index (χ0n) is 27.4. The van der Waals surface area contributed by atoms with Gasteiger partial charge >= 0.3 is 0 Å². The lowest BCUT2D eigenvalue weighted by Gasteiger charge is -2.49. The molecule has 0 saturated carbocycles. The highest BCUT2D eigenvalue weighted by atomic mass is 19.1. The molecule has 2 aromatic heterocycles. The first-order valence-electron chi connectivity index (χ1n) is 16.1. The third-order valence-electron chi connectivity index (χ3n) is 9.48. The number of piperidine rings is 1. The molecule has 0 unspecified atom stereocenters. The molecular formula is C36H42F3N5O2. The highest BCUT2D eigenvalue weighted by Crippen LogP contribution is 2.47. The van der Waals surface area contributed by atoms with Crippen LogP contribution in [0.5, 0.6) is 5.75 Å². The van der Waals surface area contributed by atoms with Crippen molar-refractivity contribution in [2.45, 2.75) is 58.9 Å². The second-order valence-corrected chi connectivity index (χ2v) is 13.5. The van der Waals surface area contributed by atoms with Crippen molar-refractivity contribution in [1.29, 1.82) is 0 Å². The van der Waals surface area contributed by atoms with Gasteiger partial charge in [0.25, 0.3) is 5.56 Å². The molecule has 2 aliphatic rings. The maximum absolute atomic E-state index is 17.3. The van der Waals surface area contributed by atoms with Gasteiger partial charge in [0.05, 0.1) is 33.7 Å². The summed E-state index contributed by atoms with van der Waals surface area (Å²) in [5, 5.41) is 10.9. The van der Waals surface area contributed by atoms with Crippen LogP contribution in [0.1, 0.15) is 57.2 Å². The Labute approximate surface area is 267 Å². The summed E-state index contributed by atoms with van der Waals surface area (Å²) in [7, 11) is 4.01. The van der Waals surface area contributed by atoms with Gasteiger partial charge in [-0.1, -0.05) is 26.8 Å². The SMILES string of the molecule is Cc1ccnc(C(C)C)c1-n1c(=O)c2c(c3cc(F)c(-c4c(O)cccc4F)c(F)c31)N1C[C@@H](C)CC[C@@H]1CN2CCCN(C)C. The van der Waals surface area contributed by atoms with Gasteiger partial charge < -0.3 is 19.8 Å². The summed E-state index contributed by atoms with van der Waals surface area (Å²) >= 11 is 0. The minimum atomic E-state index is -1.11. The highest BCUT2D eigenvalue weighted by molar-refractivity contribution is 6.03.